The maximum atomic E-state index is 14.5. The van der Waals surface area contributed by atoms with Crippen molar-refractivity contribution in [2.75, 3.05) is 13.2 Å². The van der Waals surface area contributed by atoms with Crippen molar-refractivity contribution in [2.24, 2.45) is 4.99 Å². The number of amidine groups is 1. The third-order valence-electron chi connectivity index (χ3n) is 5.56. The third-order valence-corrected chi connectivity index (χ3v) is 6.47. The summed E-state index contributed by atoms with van der Waals surface area (Å²) >= 11 is 1.12. The Hall–Kier alpha value is -3.85. The highest BCUT2D eigenvalue weighted by atomic mass is 32.2. The van der Waals surface area contributed by atoms with Crippen molar-refractivity contribution < 1.29 is 28.6 Å². The van der Waals surface area contributed by atoms with E-state index in [1.165, 1.54) is 19.1 Å². The topological polar surface area (TPSA) is 97.2 Å². The molecule has 0 saturated carbocycles. The van der Waals surface area contributed by atoms with E-state index in [2.05, 4.69) is 10.3 Å². The van der Waals surface area contributed by atoms with Crippen molar-refractivity contribution in [3.8, 4) is 11.5 Å². The molecule has 0 bridgehead atoms. The number of carboxylic acid groups (broad SMARTS) is 1. The molecule has 1 heterocycles. The summed E-state index contributed by atoms with van der Waals surface area (Å²) in [5.41, 5.74) is 1.02. The fourth-order valence-electron chi connectivity index (χ4n) is 3.83. The van der Waals surface area contributed by atoms with Gasteiger partial charge in [-0.25, -0.2) is 9.38 Å². The summed E-state index contributed by atoms with van der Waals surface area (Å²) in [6, 6.07) is 13.7. The number of aliphatic imine (C=N–C) groups is 1. The van der Waals surface area contributed by atoms with E-state index in [-0.39, 0.29) is 22.3 Å². The van der Waals surface area contributed by atoms with Gasteiger partial charge in [-0.1, -0.05) is 30.3 Å². The van der Waals surface area contributed by atoms with E-state index in [4.69, 9.17) is 14.6 Å². The van der Waals surface area contributed by atoms with Crippen LogP contribution in [0.4, 0.5) is 10.1 Å². The van der Waals surface area contributed by atoms with Gasteiger partial charge in [0.15, 0.2) is 5.17 Å². The highest BCUT2D eigenvalue weighted by Gasteiger charge is 2.25. The Morgan fingerprint density at radius 3 is 2.53 bits per heavy atom. The first-order valence-electron chi connectivity index (χ1n) is 11.5. The minimum absolute atomic E-state index is 0.0694. The normalized spacial score (nSPS) is 16.4. The second-order valence-electron chi connectivity index (χ2n) is 7.95. The molecule has 4 rings (SSSR count). The van der Waals surface area contributed by atoms with Crippen LogP contribution >= 0.6 is 11.8 Å². The number of carbonyl (C=O) groups excluding carboxylic acids is 1. The molecule has 0 spiro atoms. The lowest BCUT2D eigenvalue weighted by molar-refractivity contribution is -0.138. The lowest BCUT2D eigenvalue weighted by Gasteiger charge is -2.15. The third kappa shape index (κ3) is 5.21. The number of hydrogen-bond donors (Lipinski definition) is 2. The summed E-state index contributed by atoms with van der Waals surface area (Å²) in [6.07, 6.45) is 1.72. The zero-order chi connectivity index (χ0) is 25.8. The number of rotatable bonds is 8. The highest BCUT2D eigenvalue weighted by molar-refractivity contribution is 8.18. The van der Waals surface area contributed by atoms with Gasteiger partial charge in [-0.3, -0.25) is 9.59 Å². The number of nitrogens with one attached hydrogen (secondary N) is 1. The van der Waals surface area contributed by atoms with Crippen LogP contribution in [0.25, 0.3) is 16.8 Å². The fourth-order valence-corrected chi connectivity index (χ4v) is 4.67. The van der Waals surface area contributed by atoms with Gasteiger partial charge in [0, 0.05) is 21.9 Å². The van der Waals surface area contributed by atoms with Crippen LogP contribution in [0.3, 0.4) is 0 Å². The molecule has 9 heteroatoms. The Kier molecular flexibility index (Phi) is 7.59. The molecule has 0 aliphatic carbocycles. The first-order chi connectivity index (χ1) is 17.3. The summed E-state index contributed by atoms with van der Waals surface area (Å²) in [4.78, 5) is 28.6. The SMILES string of the molecule is CCOc1cc(C=C2SC(=Nc3ccc(C(C)C(=O)O)c(F)c3)NC2=O)c(OCC)c2ccccc12. The largest absolute Gasteiger partial charge is 0.493 e. The molecule has 3 aromatic rings. The van der Waals surface area contributed by atoms with E-state index < -0.39 is 17.7 Å². The van der Waals surface area contributed by atoms with E-state index in [1.807, 2.05) is 44.2 Å². The van der Waals surface area contributed by atoms with Crippen LogP contribution in [-0.2, 0) is 9.59 Å². The Balaban J connectivity index is 1.68. The summed E-state index contributed by atoms with van der Waals surface area (Å²) in [7, 11) is 0. The van der Waals surface area contributed by atoms with Gasteiger partial charge < -0.3 is 19.9 Å². The van der Waals surface area contributed by atoms with Gasteiger partial charge >= 0.3 is 5.97 Å². The fraction of sp³-hybridized carbons (Fsp3) is 0.222. The molecule has 1 saturated heterocycles. The molecule has 3 aromatic carbocycles. The molecular formula is C27H25FN2O5S. The van der Waals surface area contributed by atoms with Crippen LogP contribution < -0.4 is 14.8 Å². The van der Waals surface area contributed by atoms with Crippen molar-refractivity contribution >= 4 is 51.3 Å². The molecule has 2 N–H and O–H groups in total. The second-order valence-corrected chi connectivity index (χ2v) is 8.98. The zero-order valence-corrected chi connectivity index (χ0v) is 20.8. The second kappa shape index (κ2) is 10.8. The number of thioether (sulfide) groups is 1. The summed E-state index contributed by atoms with van der Waals surface area (Å²) in [5, 5.41) is 13.9. The number of carboxylic acids is 1. The van der Waals surface area contributed by atoms with E-state index in [0.717, 1.165) is 28.6 Å². The van der Waals surface area contributed by atoms with Gasteiger partial charge in [0.05, 0.1) is 29.7 Å². The van der Waals surface area contributed by atoms with Crippen LogP contribution in [0.2, 0.25) is 0 Å². The van der Waals surface area contributed by atoms with Crippen molar-refractivity contribution in [1.29, 1.82) is 0 Å². The molecule has 1 unspecified atom stereocenters. The van der Waals surface area contributed by atoms with Crippen LogP contribution in [0.5, 0.6) is 11.5 Å². The Morgan fingerprint density at radius 2 is 1.86 bits per heavy atom. The molecule has 0 aromatic heterocycles. The Bertz CT molecular complexity index is 1400. The molecule has 7 nitrogen and oxygen atoms in total. The standard InChI is InChI=1S/C27H25FN2O5S/c1-4-34-22-12-16(24(35-5-2)20-9-7-6-8-19(20)22)13-23-25(31)30-27(36-23)29-17-10-11-18(21(28)14-17)15(3)26(32)33/h6-15H,4-5H2,1-3H3,(H,32,33)(H,29,30,31). The van der Waals surface area contributed by atoms with Crippen LogP contribution in [0.15, 0.2) is 58.4 Å². The number of fused-ring (bicyclic) bond motifs is 1. The number of aliphatic carboxylic acids is 1. The van der Waals surface area contributed by atoms with E-state index in [1.54, 1.807) is 6.08 Å². The molecule has 1 aliphatic heterocycles. The quantitative estimate of drug-likeness (QED) is 0.370. The number of carbonyl (C=O) groups is 2. The van der Waals surface area contributed by atoms with Gasteiger partial charge in [-0.05, 0) is 56.8 Å². The van der Waals surface area contributed by atoms with Crippen LogP contribution in [0, 0.1) is 5.82 Å². The number of benzene rings is 3. The predicted molar refractivity (Wildman–Crippen MR) is 140 cm³/mol. The van der Waals surface area contributed by atoms with E-state index >= 15 is 0 Å². The van der Waals surface area contributed by atoms with Crippen LogP contribution in [-0.4, -0.2) is 35.4 Å². The summed E-state index contributed by atoms with van der Waals surface area (Å²) in [6.45, 7) is 6.15. The molecule has 1 aliphatic rings. The monoisotopic (exact) mass is 508 g/mol. The van der Waals surface area contributed by atoms with E-state index in [0.29, 0.717) is 35.2 Å². The van der Waals surface area contributed by atoms with Crippen molar-refractivity contribution in [3.63, 3.8) is 0 Å². The average molecular weight is 509 g/mol. The number of hydrogen-bond acceptors (Lipinski definition) is 6. The maximum absolute atomic E-state index is 14.5. The van der Waals surface area contributed by atoms with E-state index in [9.17, 15) is 14.0 Å². The molecule has 36 heavy (non-hydrogen) atoms. The lowest BCUT2D eigenvalue weighted by Crippen LogP contribution is -2.19. The van der Waals surface area contributed by atoms with Crippen molar-refractivity contribution in [1.82, 2.24) is 5.32 Å². The predicted octanol–water partition coefficient (Wildman–Crippen LogP) is 5.86. The first-order valence-corrected chi connectivity index (χ1v) is 12.3. The molecular weight excluding hydrogens is 483 g/mol. The minimum Gasteiger partial charge on any atom is -0.493 e. The van der Waals surface area contributed by atoms with Crippen molar-refractivity contribution in [2.45, 2.75) is 26.7 Å². The minimum atomic E-state index is -1.12. The van der Waals surface area contributed by atoms with Crippen molar-refractivity contribution in [3.05, 3.63) is 70.4 Å². The van der Waals surface area contributed by atoms with Gasteiger partial charge in [-0.2, -0.15) is 0 Å². The average Bonchev–Trinajstić information content (AvgIpc) is 3.19. The lowest BCUT2D eigenvalue weighted by atomic mass is 10.0. The van der Waals surface area contributed by atoms with Gasteiger partial charge in [0.1, 0.15) is 17.3 Å². The van der Waals surface area contributed by atoms with Gasteiger partial charge in [0.2, 0.25) is 0 Å². The summed E-state index contributed by atoms with van der Waals surface area (Å²) in [5.74, 6) is -1.78. The number of nitrogens with zero attached hydrogens (tertiary/aromatic N) is 1. The van der Waals surface area contributed by atoms with Gasteiger partial charge in [0.25, 0.3) is 5.91 Å². The highest BCUT2D eigenvalue weighted by Crippen LogP contribution is 2.40. The number of amides is 1. The smallest absolute Gasteiger partial charge is 0.310 e. The molecule has 1 fully saturated rings. The molecule has 1 amide bonds. The molecule has 1 atom stereocenters. The maximum Gasteiger partial charge on any atom is 0.310 e. The molecule has 0 radical (unpaired) electrons. The Morgan fingerprint density at radius 1 is 1.14 bits per heavy atom. The van der Waals surface area contributed by atoms with Crippen LogP contribution in [0.1, 0.15) is 37.8 Å². The summed E-state index contributed by atoms with van der Waals surface area (Å²) < 4.78 is 26.3. The Labute approximate surface area is 212 Å². The number of ether oxygens (including phenoxy) is 2. The first kappa shape index (κ1) is 25.2. The molecule has 186 valence electrons. The number of halogens is 1. The zero-order valence-electron chi connectivity index (χ0n) is 20.0. The van der Waals surface area contributed by atoms with Gasteiger partial charge in [-0.15, -0.1) is 0 Å².